The minimum Gasteiger partial charge on any atom is -0.497 e. The molecule has 2 aliphatic rings. The standard InChI is InChI=1S/C32H35FN4O7S3/c1-42-24-9-6-22(30(16-24)43-2)19-37(32-34-20-35-45-32)47(40,41)26-10-11-27-28(13-15-44-31(27)18-26)36-14-12-25(46(3,38)39)17-29(36)21-4-7-23(33)8-5-21/h4-11,16,18,20,25,28-29H,12-15,17,19H2,1-3H3/t25-,28?,29+/m1/s1. The van der Waals surface area contributed by atoms with Crippen LogP contribution in [-0.2, 0) is 26.4 Å². The van der Waals surface area contributed by atoms with Gasteiger partial charge in [-0.05, 0) is 48.7 Å². The van der Waals surface area contributed by atoms with Crippen LogP contribution in [0.25, 0.3) is 0 Å². The molecule has 1 saturated heterocycles. The lowest BCUT2D eigenvalue weighted by atomic mass is 9.89. The molecule has 15 heteroatoms. The van der Waals surface area contributed by atoms with Crippen LogP contribution in [-0.4, -0.2) is 70.0 Å². The van der Waals surface area contributed by atoms with Gasteiger partial charge in [0.25, 0.3) is 10.0 Å². The summed E-state index contributed by atoms with van der Waals surface area (Å²) in [5, 5.41) is -0.327. The average Bonchev–Trinajstić information content (AvgIpc) is 3.61. The van der Waals surface area contributed by atoms with Crippen molar-refractivity contribution in [3.8, 4) is 17.2 Å². The predicted molar refractivity (Wildman–Crippen MR) is 176 cm³/mol. The van der Waals surface area contributed by atoms with Gasteiger partial charge in [0.05, 0.1) is 37.5 Å². The minimum atomic E-state index is -4.16. The fourth-order valence-electron chi connectivity index (χ4n) is 6.38. The first-order valence-corrected chi connectivity index (χ1v) is 19.1. The molecule has 0 saturated carbocycles. The number of ether oxygens (including phenoxy) is 3. The van der Waals surface area contributed by atoms with Crippen LogP contribution in [0.4, 0.5) is 9.52 Å². The number of halogens is 1. The van der Waals surface area contributed by atoms with Crippen molar-refractivity contribution in [2.45, 2.75) is 48.0 Å². The highest BCUT2D eigenvalue weighted by Gasteiger charge is 2.40. The van der Waals surface area contributed by atoms with Gasteiger partial charge in [0.15, 0.2) is 0 Å². The lowest BCUT2D eigenvalue weighted by Crippen LogP contribution is -2.44. The van der Waals surface area contributed by atoms with Crippen molar-refractivity contribution in [1.29, 1.82) is 0 Å². The molecule has 47 heavy (non-hydrogen) atoms. The van der Waals surface area contributed by atoms with E-state index in [-0.39, 0.29) is 34.5 Å². The second-order valence-corrected chi connectivity index (χ2v) is 16.5. The number of piperidine rings is 1. The molecular formula is C32H35FN4O7S3. The zero-order valence-corrected chi connectivity index (χ0v) is 28.5. The number of sulfonamides is 1. The highest BCUT2D eigenvalue weighted by molar-refractivity contribution is 7.93. The quantitative estimate of drug-likeness (QED) is 0.219. The molecule has 0 spiro atoms. The maximum atomic E-state index is 14.3. The highest BCUT2D eigenvalue weighted by Crippen LogP contribution is 2.45. The van der Waals surface area contributed by atoms with Gasteiger partial charge < -0.3 is 14.2 Å². The van der Waals surface area contributed by atoms with Crippen molar-refractivity contribution in [1.82, 2.24) is 14.3 Å². The molecule has 3 heterocycles. The van der Waals surface area contributed by atoms with E-state index in [1.807, 2.05) is 0 Å². The molecule has 2 aliphatic heterocycles. The van der Waals surface area contributed by atoms with Gasteiger partial charge >= 0.3 is 0 Å². The summed E-state index contributed by atoms with van der Waals surface area (Å²) in [4.78, 5) is 6.47. The molecule has 3 atom stereocenters. The average molecular weight is 703 g/mol. The van der Waals surface area contributed by atoms with Gasteiger partial charge in [0.1, 0.15) is 39.2 Å². The molecule has 250 valence electrons. The Labute approximate surface area is 278 Å². The fourth-order valence-corrected chi connectivity index (χ4v) is 9.59. The Morgan fingerprint density at radius 2 is 1.79 bits per heavy atom. The summed E-state index contributed by atoms with van der Waals surface area (Å²) in [5.74, 6) is 1.10. The number of sulfone groups is 1. The molecular weight excluding hydrogens is 668 g/mol. The summed E-state index contributed by atoms with van der Waals surface area (Å²) in [6, 6.07) is 15.7. The first kappa shape index (κ1) is 33.1. The molecule has 1 unspecified atom stereocenters. The summed E-state index contributed by atoms with van der Waals surface area (Å²) >= 11 is 0.958. The number of nitrogens with zero attached hydrogens (tertiary/aromatic N) is 4. The minimum absolute atomic E-state index is 0.0189. The summed E-state index contributed by atoms with van der Waals surface area (Å²) in [6.07, 6.45) is 4.01. The van der Waals surface area contributed by atoms with Crippen molar-refractivity contribution in [2.24, 2.45) is 0 Å². The molecule has 1 aromatic heterocycles. The predicted octanol–water partition coefficient (Wildman–Crippen LogP) is 5.16. The van der Waals surface area contributed by atoms with Crippen LogP contribution in [0.15, 0.2) is 71.9 Å². The first-order valence-electron chi connectivity index (χ1n) is 15.0. The summed E-state index contributed by atoms with van der Waals surface area (Å²) in [7, 11) is -4.41. The molecule has 0 radical (unpaired) electrons. The van der Waals surface area contributed by atoms with Crippen LogP contribution in [0, 0.1) is 5.82 Å². The van der Waals surface area contributed by atoms with Gasteiger partial charge in [0, 0.05) is 66.1 Å². The maximum absolute atomic E-state index is 14.3. The molecule has 0 bridgehead atoms. The maximum Gasteiger partial charge on any atom is 0.266 e. The van der Waals surface area contributed by atoms with Crippen LogP contribution in [0.5, 0.6) is 17.2 Å². The van der Waals surface area contributed by atoms with E-state index >= 15 is 0 Å². The van der Waals surface area contributed by atoms with E-state index in [4.69, 9.17) is 14.2 Å². The second kappa shape index (κ2) is 13.4. The third-order valence-corrected chi connectivity index (χ3v) is 13.0. The van der Waals surface area contributed by atoms with E-state index in [9.17, 15) is 21.2 Å². The number of aromatic nitrogens is 2. The second-order valence-electron chi connectivity index (χ2n) is 11.5. The monoisotopic (exact) mass is 702 g/mol. The number of methoxy groups -OCH3 is 2. The molecule has 1 fully saturated rings. The molecule has 4 aromatic rings. The fraction of sp³-hybridized carbons (Fsp3) is 0.375. The van der Waals surface area contributed by atoms with Crippen molar-refractivity contribution in [3.05, 3.63) is 89.5 Å². The third kappa shape index (κ3) is 6.80. The summed E-state index contributed by atoms with van der Waals surface area (Å²) in [5.41, 5.74) is 2.23. The number of hydrogen-bond donors (Lipinski definition) is 0. The number of anilines is 1. The highest BCUT2D eigenvalue weighted by atomic mass is 32.2. The van der Waals surface area contributed by atoms with Gasteiger partial charge in [0.2, 0.25) is 5.13 Å². The van der Waals surface area contributed by atoms with Gasteiger partial charge in [-0.15, -0.1) is 0 Å². The Kier molecular flexibility index (Phi) is 9.43. The Balaban J connectivity index is 1.34. The molecule has 0 amide bonds. The number of fused-ring (bicyclic) bond motifs is 1. The molecule has 6 rings (SSSR count). The SMILES string of the molecule is COc1ccc(CN(c2ncns2)S(=O)(=O)c2ccc3c(c2)OCCC3N2CC[C@@H](S(C)(=O)=O)C[C@H]2c2ccc(F)cc2)c(OC)c1. The summed E-state index contributed by atoms with van der Waals surface area (Å²) in [6.45, 7) is 0.769. The van der Waals surface area contributed by atoms with E-state index in [0.29, 0.717) is 55.2 Å². The number of benzene rings is 3. The van der Waals surface area contributed by atoms with Crippen LogP contribution in [0.3, 0.4) is 0 Å². The normalized spacial score (nSPS) is 20.2. The van der Waals surface area contributed by atoms with Crippen molar-refractivity contribution >= 4 is 36.5 Å². The Morgan fingerprint density at radius 3 is 2.47 bits per heavy atom. The van der Waals surface area contributed by atoms with Gasteiger partial charge in [-0.25, -0.2) is 30.5 Å². The van der Waals surface area contributed by atoms with Crippen LogP contribution in [0.1, 0.15) is 48.0 Å². The zero-order chi connectivity index (χ0) is 33.3. The van der Waals surface area contributed by atoms with Crippen LogP contribution in [0.2, 0.25) is 0 Å². The lowest BCUT2D eigenvalue weighted by molar-refractivity contribution is 0.0680. The van der Waals surface area contributed by atoms with Crippen molar-refractivity contribution in [2.75, 3.05) is 37.9 Å². The Bertz CT molecular complexity index is 1940. The Morgan fingerprint density at radius 1 is 1.00 bits per heavy atom. The smallest absolute Gasteiger partial charge is 0.266 e. The van der Waals surface area contributed by atoms with Gasteiger partial charge in [-0.3, -0.25) is 4.90 Å². The summed E-state index contributed by atoms with van der Waals surface area (Å²) < 4.78 is 89.6. The Hall–Kier alpha value is -3.79. The topological polar surface area (TPSA) is 128 Å². The first-order chi connectivity index (χ1) is 22.5. The van der Waals surface area contributed by atoms with E-state index in [1.165, 1.54) is 49.3 Å². The van der Waals surface area contributed by atoms with E-state index in [2.05, 4.69) is 14.3 Å². The van der Waals surface area contributed by atoms with Gasteiger partial charge in [-0.1, -0.05) is 18.2 Å². The van der Waals surface area contributed by atoms with Crippen molar-refractivity contribution in [3.63, 3.8) is 0 Å². The molecule has 0 aliphatic carbocycles. The molecule has 3 aromatic carbocycles. The molecule has 11 nitrogen and oxygen atoms in total. The van der Waals surface area contributed by atoms with Crippen molar-refractivity contribution < 1.29 is 35.4 Å². The third-order valence-electron chi connectivity index (χ3n) is 8.81. The van der Waals surface area contributed by atoms with E-state index in [0.717, 1.165) is 22.7 Å². The van der Waals surface area contributed by atoms with E-state index < -0.39 is 25.1 Å². The zero-order valence-electron chi connectivity index (χ0n) is 26.1. The number of hydrogen-bond acceptors (Lipinski definition) is 11. The van der Waals surface area contributed by atoms with Crippen LogP contribution >= 0.6 is 11.5 Å². The van der Waals surface area contributed by atoms with Gasteiger partial charge in [-0.2, -0.15) is 4.37 Å². The molecule has 0 N–H and O–H groups in total. The van der Waals surface area contributed by atoms with Crippen LogP contribution < -0.4 is 18.5 Å². The largest absolute Gasteiger partial charge is 0.497 e. The van der Waals surface area contributed by atoms with E-state index in [1.54, 1.807) is 42.5 Å². The number of rotatable bonds is 10. The lowest BCUT2D eigenvalue weighted by Gasteiger charge is -2.45. The number of likely N-dealkylation sites (tertiary alicyclic amines) is 1.